The van der Waals surface area contributed by atoms with Crippen LogP contribution in [0.5, 0.6) is 0 Å². The van der Waals surface area contributed by atoms with Crippen molar-refractivity contribution in [2.24, 2.45) is 5.41 Å². The number of alkyl halides is 3. The third-order valence-electron chi connectivity index (χ3n) is 7.34. The van der Waals surface area contributed by atoms with Gasteiger partial charge < -0.3 is 0 Å². The van der Waals surface area contributed by atoms with Crippen molar-refractivity contribution in [3.05, 3.63) is 17.5 Å². The monoisotopic (exact) mass is 447 g/mol. The van der Waals surface area contributed by atoms with E-state index >= 15 is 0 Å². The van der Waals surface area contributed by atoms with Crippen LogP contribution < -0.4 is 0 Å². The molecule has 3 heterocycles. The fourth-order valence-corrected chi connectivity index (χ4v) is 8.07. The summed E-state index contributed by atoms with van der Waals surface area (Å²) in [5.74, 6) is 0.728. The van der Waals surface area contributed by atoms with E-state index in [0.717, 1.165) is 58.0 Å². The Hall–Kier alpha value is -1.09. The fraction of sp³-hybridized carbons (Fsp3) is 0.857. The third-order valence-corrected chi connectivity index (χ3v) is 9.21. The smallest absolute Gasteiger partial charge is 0.300 e. The van der Waals surface area contributed by atoms with Crippen LogP contribution in [-0.2, 0) is 16.0 Å². The number of halogens is 3. The Balaban J connectivity index is 1.43. The Bertz CT molecular complexity index is 873. The summed E-state index contributed by atoms with van der Waals surface area (Å²) < 4.78 is 65.2. The predicted molar refractivity (Wildman–Crippen MR) is 109 cm³/mol. The van der Waals surface area contributed by atoms with Crippen LogP contribution in [0.1, 0.15) is 82.1 Å². The van der Waals surface area contributed by atoms with Crippen LogP contribution in [0.3, 0.4) is 0 Å². The summed E-state index contributed by atoms with van der Waals surface area (Å²) in [5, 5.41) is 3.85. The lowest BCUT2D eigenvalue weighted by molar-refractivity contribution is -0.141. The number of piperidine rings is 1. The summed E-state index contributed by atoms with van der Waals surface area (Å²) in [7, 11) is -2.90. The topological polar surface area (TPSA) is 55.2 Å². The molecule has 2 aliphatic heterocycles. The highest BCUT2D eigenvalue weighted by Crippen LogP contribution is 2.44. The fourth-order valence-electron chi connectivity index (χ4n) is 5.87. The van der Waals surface area contributed by atoms with Gasteiger partial charge in [-0.15, -0.1) is 0 Å². The van der Waals surface area contributed by atoms with Crippen LogP contribution >= 0.6 is 0 Å². The molecule has 3 fully saturated rings. The molecule has 0 unspecified atom stereocenters. The molecule has 0 bridgehead atoms. The average molecular weight is 448 g/mol. The first-order valence-corrected chi connectivity index (χ1v) is 12.9. The van der Waals surface area contributed by atoms with Crippen molar-refractivity contribution in [1.29, 1.82) is 0 Å². The second-order valence-electron chi connectivity index (χ2n) is 9.91. The van der Waals surface area contributed by atoms with E-state index in [1.807, 2.05) is 13.8 Å². The Morgan fingerprint density at radius 2 is 1.87 bits per heavy atom. The van der Waals surface area contributed by atoms with Crippen molar-refractivity contribution >= 4 is 9.84 Å². The Morgan fingerprint density at radius 1 is 1.17 bits per heavy atom. The molecular formula is C21H32F3N3O2S. The lowest BCUT2D eigenvalue weighted by Crippen LogP contribution is -2.49. The lowest BCUT2D eigenvalue weighted by atomic mass is 9.77. The minimum Gasteiger partial charge on any atom is -0.300 e. The maximum Gasteiger partial charge on any atom is 0.435 e. The van der Waals surface area contributed by atoms with Gasteiger partial charge >= 0.3 is 6.18 Å². The highest BCUT2D eigenvalue weighted by molar-refractivity contribution is 7.91. The van der Waals surface area contributed by atoms with Gasteiger partial charge in [0.05, 0.1) is 11.5 Å². The number of sulfone groups is 1. The molecule has 170 valence electrons. The van der Waals surface area contributed by atoms with Gasteiger partial charge in [-0.3, -0.25) is 9.58 Å². The number of nitrogens with zero attached hydrogens (tertiary/aromatic N) is 3. The summed E-state index contributed by atoms with van der Waals surface area (Å²) in [6.07, 6.45) is 1.96. The summed E-state index contributed by atoms with van der Waals surface area (Å²) in [6.45, 7) is 5.58. The molecular weight excluding hydrogens is 415 g/mol. The molecule has 1 saturated carbocycles. The van der Waals surface area contributed by atoms with E-state index in [-0.39, 0.29) is 17.4 Å². The van der Waals surface area contributed by atoms with Crippen molar-refractivity contribution in [1.82, 2.24) is 14.7 Å². The van der Waals surface area contributed by atoms with E-state index in [2.05, 4.69) is 10.00 Å². The highest BCUT2D eigenvalue weighted by atomic mass is 32.2. The van der Waals surface area contributed by atoms with Crippen molar-refractivity contribution < 1.29 is 21.6 Å². The zero-order chi connectivity index (χ0) is 21.7. The van der Waals surface area contributed by atoms with E-state index in [4.69, 9.17) is 0 Å². The van der Waals surface area contributed by atoms with Gasteiger partial charge in [-0.05, 0) is 76.8 Å². The first-order chi connectivity index (χ1) is 14.0. The van der Waals surface area contributed by atoms with Gasteiger partial charge in [0.25, 0.3) is 0 Å². The lowest BCUT2D eigenvalue weighted by Gasteiger charge is -2.45. The molecule has 9 heteroatoms. The molecule has 1 aromatic rings. The molecule has 0 aromatic carbocycles. The predicted octanol–water partition coefficient (Wildman–Crippen LogP) is 4.41. The van der Waals surface area contributed by atoms with Gasteiger partial charge in [0.1, 0.15) is 0 Å². The molecule has 3 aliphatic rings. The van der Waals surface area contributed by atoms with E-state index in [9.17, 15) is 21.6 Å². The van der Waals surface area contributed by atoms with Crippen LogP contribution in [0.25, 0.3) is 0 Å². The quantitative estimate of drug-likeness (QED) is 0.689. The molecule has 4 rings (SSSR count). The first-order valence-electron chi connectivity index (χ1n) is 11.1. The largest absolute Gasteiger partial charge is 0.435 e. The van der Waals surface area contributed by atoms with Gasteiger partial charge in [0, 0.05) is 30.2 Å². The molecule has 0 amide bonds. The second-order valence-corrected chi connectivity index (χ2v) is 12.1. The van der Waals surface area contributed by atoms with Gasteiger partial charge in [0.15, 0.2) is 15.5 Å². The third kappa shape index (κ3) is 4.42. The highest BCUT2D eigenvalue weighted by Gasteiger charge is 2.46. The number of hydrogen-bond donors (Lipinski definition) is 0. The molecule has 1 aliphatic carbocycles. The first kappa shape index (κ1) is 22.1. The van der Waals surface area contributed by atoms with Gasteiger partial charge in [-0.2, -0.15) is 18.3 Å². The molecule has 1 atom stereocenters. The van der Waals surface area contributed by atoms with Crippen molar-refractivity contribution in [2.75, 3.05) is 24.6 Å². The Labute approximate surface area is 176 Å². The van der Waals surface area contributed by atoms with Crippen molar-refractivity contribution in [2.45, 2.75) is 83.0 Å². The van der Waals surface area contributed by atoms with Crippen LogP contribution in [0, 0.1) is 5.41 Å². The maximum atomic E-state index is 13.2. The normalized spacial score (nSPS) is 32.9. The zero-order valence-corrected chi connectivity index (χ0v) is 18.6. The van der Waals surface area contributed by atoms with Crippen molar-refractivity contribution in [3.8, 4) is 0 Å². The molecule has 0 N–H and O–H groups in total. The summed E-state index contributed by atoms with van der Waals surface area (Å²) in [5.41, 5.74) is -0.173. The minimum atomic E-state index is -4.42. The van der Waals surface area contributed by atoms with Crippen LogP contribution in [0.2, 0.25) is 0 Å². The molecule has 5 nitrogen and oxygen atoms in total. The number of aromatic nitrogens is 2. The van der Waals surface area contributed by atoms with Crippen LogP contribution in [0.15, 0.2) is 6.07 Å². The minimum absolute atomic E-state index is 0.0776. The van der Waals surface area contributed by atoms with E-state index < -0.39 is 21.7 Å². The van der Waals surface area contributed by atoms with Gasteiger partial charge in [-0.1, -0.05) is 0 Å². The average Bonchev–Trinajstić information content (AvgIpc) is 3.24. The summed E-state index contributed by atoms with van der Waals surface area (Å²) in [6, 6.07) is 1.53. The van der Waals surface area contributed by atoms with Gasteiger partial charge in [-0.25, -0.2) is 8.42 Å². The van der Waals surface area contributed by atoms with E-state index in [1.54, 1.807) is 4.68 Å². The standard InChI is InChI=1S/C21H32F3N3O2S/c1-15(2)27-18(12-19(25-27)21(22,23)24)16-4-6-17(7-5-16)26-10-3-8-20(13-26)9-11-30(28,29)14-20/h12,15-17H,3-11,13-14H2,1-2H3/t16-,17+,20-/m0/s1. The van der Waals surface area contributed by atoms with Crippen LogP contribution in [-0.4, -0.2) is 53.7 Å². The number of likely N-dealkylation sites (tertiary alicyclic amines) is 1. The molecule has 0 radical (unpaired) electrons. The number of rotatable bonds is 3. The van der Waals surface area contributed by atoms with Crippen molar-refractivity contribution in [3.63, 3.8) is 0 Å². The summed E-state index contributed by atoms with van der Waals surface area (Å²) in [4.78, 5) is 2.47. The second kappa shape index (κ2) is 7.80. The Morgan fingerprint density at radius 3 is 2.43 bits per heavy atom. The molecule has 2 saturated heterocycles. The molecule has 1 spiro atoms. The van der Waals surface area contributed by atoms with E-state index in [1.165, 1.54) is 6.07 Å². The molecule has 1 aromatic heterocycles. The zero-order valence-electron chi connectivity index (χ0n) is 17.8. The van der Waals surface area contributed by atoms with Gasteiger partial charge in [0.2, 0.25) is 0 Å². The SMILES string of the molecule is CC(C)n1nc(C(F)(F)F)cc1[C@H]1CC[C@@H](N2CCC[C@]3(CCS(=O)(=O)C3)C2)CC1. The molecule has 30 heavy (non-hydrogen) atoms. The maximum absolute atomic E-state index is 13.2. The number of hydrogen-bond acceptors (Lipinski definition) is 4. The summed E-state index contributed by atoms with van der Waals surface area (Å²) >= 11 is 0. The Kier molecular flexibility index (Phi) is 5.75. The van der Waals surface area contributed by atoms with Crippen LogP contribution in [0.4, 0.5) is 13.2 Å². The van der Waals surface area contributed by atoms with E-state index in [0.29, 0.717) is 23.2 Å².